The number of carbonyl (C=O) groups excluding carboxylic acids is 1. The second kappa shape index (κ2) is 4.86. The summed E-state index contributed by atoms with van der Waals surface area (Å²) in [6.45, 7) is 0. The van der Waals surface area contributed by atoms with Crippen LogP contribution in [0.25, 0.3) is 11.0 Å². The van der Waals surface area contributed by atoms with Gasteiger partial charge in [0, 0.05) is 23.0 Å². The van der Waals surface area contributed by atoms with Crippen LogP contribution in [0.1, 0.15) is 10.6 Å². The lowest BCUT2D eigenvalue weighted by Crippen LogP contribution is -2.10. The van der Waals surface area contributed by atoms with Crippen LogP contribution in [-0.2, 0) is 0 Å². The minimum Gasteiger partial charge on any atom is -0.451 e. The quantitative estimate of drug-likeness (QED) is 0.559. The Labute approximate surface area is 119 Å². The fraction of sp³-hybridized carbons (Fsp3) is 0. The first-order valence-electron chi connectivity index (χ1n) is 5.84. The Morgan fingerprint density at radius 3 is 2.90 bits per heavy atom. The molecule has 1 aromatic carbocycles. The van der Waals surface area contributed by atoms with E-state index < -0.39 is 0 Å². The van der Waals surface area contributed by atoms with E-state index in [9.17, 15) is 4.79 Å². The van der Waals surface area contributed by atoms with Gasteiger partial charge in [0.05, 0.1) is 0 Å². The largest absolute Gasteiger partial charge is 0.451 e. The third-order valence-electron chi connectivity index (χ3n) is 2.75. The van der Waals surface area contributed by atoms with E-state index in [1.54, 1.807) is 36.4 Å². The van der Waals surface area contributed by atoms with Crippen molar-refractivity contribution in [3.63, 3.8) is 0 Å². The first-order valence-corrected chi connectivity index (χ1v) is 6.21. The van der Waals surface area contributed by atoms with Crippen LogP contribution in [0.5, 0.6) is 0 Å². The standard InChI is InChI=1S/C14H10ClN3O2/c15-13-7-10(3-4-17-13)18-14(19)12-6-8-5-9(16)1-2-11(8)20-12/h1-7H,16H2,(H,17,18,19). The van der Waals surface area contributed by atoms with Crippen molar-refractivity contribution in [1.29, 1.82) is 0 Å². The van der Waals surface area contributed by atoms with Crippen molar-refractivity contribution in [2.24, 2.45) is 0 Å². The Kier molecular flexibility index (Phi) is 3.04. The van der Waals surface area contributed by atoms with Crippen molar-refractivity contribution in [2.45, 2.75) is 0 Å². The van der Waals surface area contributed by atoms with Gasteiger partial charge >= 0.3 is 0 Å². The molecule has 3 rings (SSSR count). The number of fused-ring (bicyclic) bond motifs is 1. The number of carbonyl (C=O) groups is 1. The average Bonchev–Trinajstić information content (AvgIpc) is 2.81. The van der Waals surface area contributed by atoms with Gasteiger partial charge in [-0.1, -0.05) is 11.6 Å². The Morgan fingerprint density at radius 2 is 2.10 bits per heavy atom. The number of nitrogens with one attached hydrogen (secondary N) is 1. The van der Waals surface area contributed by atoms with E-state index in [2.05, 4.69) is 10.3 Å². The summed E-state index contributed by atoms with van der Waals surface area (Å²) in [5, 5.41) is 3.77. The van der Waals surface area contributed by atoms with Gasteiger partial charge in [0.15, 0.2) is 5.76 Å². The summed E-state index contributed by atoms with van der Waals surface area (Å²) < 4.78 is 5.47. The molecule has 0 spiro atoms. The lowest BCUT2D eigenvalue weighted by atomic mass is 10.2. The van der Waals surface area contributed by atoms with Crippen LogP contribution in [0.3, 0.4) is 0 Å². The minimum absolute atomic E-state index is 0.207. The fourth-order valence-electron chi connectivity index (χ4n) is 1.85. The van der Waals surface area contributed by atoms with E-state index in [1.165, 1.54) is 6.20 Å². The van der Waals surface area contributed by atoms with Crippen LogP contribution in [0, 0.1) is 0 Å². The summed E-state index contributed by atoms with van der Waals surface area (Å²) in [5.74, 6) is -0.152. The molecule has 3 aromatic rings. The Morgan fingerprint density at radius 1 is 1.25 bits per heavy atom. The van der Waals surface area contributed by atoms with Gasteiger partial charge in [0.1, 0.15) is 10.7 Å². The van der Waals surface area contributed by atoms with E-state index >= 15 is 0 Å². The SMILES string of the molecule is Nc1ccc2oc(C(=O)Nc3ccnc(Cl)c3)cc2c1. The number of pyridine rings is 1. The van der Waals surface area contributed by atoms with Crippen LogP contribution in [0.4, 0.5) is 11.4 Å². The molecular formula is C14H10ClN3O2. The molecule has 0 aliphatic rings. The molecule has 2 heterocycles. The average molecular weight is 288 g/mol. The Bertz CT molecular complexity index is 798. The molecular weight excluding hydrogens is 278 g/mol. The molecule has 3 N–H and O–H groups in total. The molecule has 100 valence electrons. The second-order valence-corrected chi connectivity index (χ2v) is 4.62. The van der Waals surface area contributed by atoms with E-state index in [4.69, 9.17) is 21.8 Å². The van der Waals surface area contributed by atoms with Crippen molar-refractivity contribution in [1.82, 2.24) is 4.98 Å². The molecule has 0 atom stereocenters. The number of hydrogen-bond donors (Lipinski definition) is 2. The van der Waals surface area contributed by atoms with Gasteiger partial charge in [-0.3, -0.25) is 4.79 Å². The van der Waals surface area contributed by atoms with Crippen LogP contribution in [0.2, 0.25) is 5.15 Å². The van der Waals surface area contributed by atoms with Crippen LogP contribution >= 0.6 is 11.6 Å². The molecule has 0 fully saturated rings. The summed E-state index contributed by atoms with van der Waals surface area (Å²) in [5.41, 5.74) is 7.46. The number of aromatic nitrogens is 1. The van der Waals surface area contributed by atoms with Gasteiger partial charge in [-0.15, -0.1) is 0 Å². The summed E-state index contributed by atoms with van der Waals surface area (Å²) in [4.78, 5) is 15.9. The first-order chi connectivity index (χ1) is 9.61. The summed E-state index contributed by atoms with van der Waals surface area (Å²) in [6.07, 6.45) is 1.51. The predicted octanol–water partition coefficient (Wildman–Crippen LogP) is 3.32. The zero-order valence-electron chi connectivity index (χ0n) is 10.3. The summed E-state index contributed by atoms with van der Waals surface area (Å²) in [6, 6.07) is 10.0. The highest BCUT2D eigenvalue weighted by molar-refractivity contribution is 6.29. The highest BCUT2D eigenvalue weighted by atomic mass is 35.5. The number of nitrogens with zero attached hydrogens (tertiary/aromatic N) is 1. The molecule has 5 nitrogen and oxygen atoms in total. The van der Waals surface area contributed by atoms with Crippen molar-refractivity contribution < 1.29 is 9.21 Å². The summed E-state index contributed by atoms with van der Waals surface area (Å²) >= 11 is 5.76. The maximum atomic E-state index is 12.1. The number of nitrogen functional groups attached to an aromatic ring is 1. The molecule has 0 aliphatic heterocycles. The third kappa shape index (κ3) is 2.44. The van der Waals surface area contributed by atoms with E-state index in [-0.39, 0.29) is 11.7 Å². The number of nitrogens with two attached hydrogens (primary N) is 1. The highest BCUT2D eigenvalue weighted by Gasteiger charge is 2.12. The van der Waals surface area contributed by atoms with E-state index in [0.717, 1.165) is 5.39 Å². The van der Waals surface area contributed by atoms with Gasteiger partial charge in [0.25, 0.3) is 5.91 Å². The molecule has 0 radical (unpaired) electrons. The van der Waals surface area contributed by atoms with Crippen LogP contribution in [0.15, 0.2) is 47.0 Å². The van der Waals surface area contributed by atoms with Crippen LogP contribution in [-0.4, -0.2) is 10.9 Å². The fourth-order valence-corrected chi connectivity index (χ4v) is 2.02. The maximum Gasteiger partial charge on any atom is 0.291 e. The van der Waals surface area contributed by atoms with Gasteiger partial charge in [-0.2, -0.15) is 0 Å². The number of halogens is 1. The van der Waals surface area contributed by atoms with Crippen molar-refractivity contribution >= 4 is 39.9 Å². The molecule has 2 aromatic heterocycles. The molecule has 0 unspecified atom stereocenters. The lowest BCUT2D eigenvalue weighted by molar-refractivity contribution is 0.0998. The number of amides is 1. The molecule has 0 aliphatic carbocycles. The Hall–Kier alpha value is -2.53. The normalized spacial score (nSPS) is 10.7. The third-order valence-corrected chi connectivity index (χ3v) is 2.96. The molecule has 20 heavy (non-hydrogen) atoms. The number of hydrogen-bond acceptors (Lipinski definition) is 4. The maximum absolute atomic E-state index is 12.1. The molecule has 1 amide bonds. The van der Waals surface area contributed by atoms with Gasteiger partial charge in [0.2, 0.25) is 0 Å². The Balaban J connectivity index is 1.88. The van der Waals surface area contributed by atoms with Gasteiger partial charge in [-0.05, 0) is 36.4 Å². The predicted molar refractivity (Wildman–Crippen MR) is 77.8 cm³/mol. The zero-order valence-corrected chi connectivity index (χ0v) is 11.0. The topological polar surface area (TPSA) is 81.1 Å². The van der Waals surface area contributed by atoms with E-state index in [1.807, 2.05) is 0 Å². The van der Waals surface area contributed by atoms with Gasteiger partial charge < -0.3 is 15.5 Å². The van der Waals surface area contributed by atoms with E-state index in [0.29, 0.717) is 22.1 Å². The molecule has 6 heteroatoms. The zero-order chi connectivity index (χ0) is 14.1. The number of anilines is 2. The van der Waals surface area contributed by atoms with Crippen LogP contribution < -0.4 is 11.1 Å². The van der Waals surface area contributed by atoms with Gasteiger partial charge in [-0.25, -0.2) is 4.98 Å². The summed E-state index contributed by atoms with van der Waals surface area (Å²) in [7, 11) is 0. The van der Waals surface area contributed by atoms with Crippen molar-refractivity contribution in [3.05, 3.63) is 53.5 Å². The minimum atomic E-state index is -0.359. The first kappa shape index (κ1) is 12.5. The highest BCUT2D eigenvalue weighted by Crippen LogP contribution is 2.22. The monoisotopic (exact) mass is 287 g/mol. The van der Waals surface area contributed by atoms with Crippen molar-refractivity contribution in [2.75, 3.05) is 11.1 Å². The second-order valence-electron chi connectivity index (χ2n) is 4.23. The molecule has 0 bridgehead atoms. The smallest absolute Gasteiger partial charge is 0.291 e. The molecule has 0 saturated heterocycles. The number of rotatable bonds is 2. The van der Waals surface area contributed by atoms with Crippen molar-refractivity contribution in [3.8, 4) is 0 Å². The number of furan rings is 1. The lowest BCUT2D eigenvalue weighted by Gasteiger charge is -2.02. The molecule has 0 saturated carbocycles. The number of benzene rings is 1.